The summed E-state index contributed by atoms with van der Waals surface area (Å²) in [5.41, 5.74) is 3.22. The highest BCUT2D eigenvalue weighted by molar-refractivity contribution is 6.05. The Morgan fingerprint density at radius 2 is 1.77 bits per heavy atom. The lowest BCUT2D eigenvalue weighted by Crippen LogP contribution is -2.58. The number of piperazine rings is 1. The number of hydrogen-bond donors (Lipinski definition) is 1. The van der Waals surface area contributed by atoms with E-state index >= 15 is 0 Å². The third kappa shape index (κ3) is 4.48. The highest BCUT2D eigenvalue weighted by Crippen LogP contribution is 2.41. The molecule has 2 atom stereocenters. The van der Waals surface area contributed by atoms with E-state index in [0.717, 1.165) is 69.1 Å². The van der Waals surface area contributed by atoms with E-state index in [2.05, 4.69) is 26.1 Å². The molecule has 9 nitrogen and oxygen atoms in total. The first-order valence-electron chi connectivity index (χ1n) is 14.4. The summed E-state index contributed by atoms with van der Waals surface area (Å²) in [4.78, 5) is 45.9. The predicted molar refractivity (Wildman–Crippen MR) is 147 cm³/mol. The number of fused-ring (bicyclic) bond motifs is 4. The Kier molecular flexibility index (Phi) is 6.37. The maximum atomic E-state index is 14.2. The molecule has 40 heavy (non-hydrogen) atoms. The largest absolute Gasteiger partial charge is 0.489 e. The van der Waals surface area contributed by atoms with Crippen LogP contribution in [-0.4, -0.2) is 85.5 Å². The quantitative estimate of drug-likeness (QED) is 0.589. The van der Waals surface area contributed by atoms with Gasteiger partial charge in [0, 0.05) is 57.8 Å². The molecule has 2 aromatic carbocycles. The van der Waals surface area contributed by atoms with E-state index in [9.17, 15) is 18.8 Å². The molecule has 2 aromatic rings. The zero-order chi connectivity index (χ0) is 27.4. The van der Waals surface area contributed by atoms with E-state index < -0.39 is 11.9 Å². The molecule has 2 unspecified atom stereocenters. The van der Waals surface area contributed by atoms with E-state index in [1.807, 2.05) is 18.2 Å². The van der Waals surface area contributed by atoms with E-state index in [1.54, 1.807) is 11.0 Å². The maximum absolute atomic E-state index is 14.2. The number of imide groups is 1. The molecule has 10 heteroatoms. The van der Waals surface area contributed by atoms with Crippen LogP contribution >= 0.6 is 0 Å². The summed E-state index contributed by atoms with van der Waals surface area (Å²) in [6.07, 6.45) is 2.71. The standard InChI is InChI=1S/C30H34FN5O4/c31-23-3-1-2-4-24(23)34-9-7-19(8-10-34)15-33-11-12-35-21(17-33)18-40-27-14-22-20(13-26(27)35)16-36(30(22)39)25-5-6-28(37)32-29(25)38/h1-4,13-14,19,21,25H,5-12,15-18H2,(H,32,37,38). The van der Waals surface area contributed by atoms with Gasteiger partial charge in [-0.05, 0) is 55.0 Å². The van der Waals surface area contributed by atoms with Gasteiger partial charge in [-0.3, -0.25) is 24.6 Å². The molecule has 3 fully saturated rings. The minimum Gasteiger partial charge on any atom is -0.489 e. The fraction of sp³-hybridized carbons (Fsp3) is 0.500. The van der Waals surface area contributed by atoms with Gasteiger partial charge in [0.25, 0.3) is 5.91 Å². The number of nitrogens with zero attached hydrogens (tertiary/aromatic N) is 4. The van der Waals surface area contributed by atoms with Gasteiger partial charge in [-0.2, -0.15) is 0 Å². The van der Waals surface area contributed by atoms with E-state index in [1.165, 1.54) is 6.07 Å². The highest BCUT2D eigenvalue weighted by Gasteiger charge is 2.41. The molecule has 0 spiro atoms. The van der Waals surface area contributed by atoms with Gasteiger partial charge in [0.05, 0.1) is 17.4 Å². The number of halogens is 1. The van der Waals surface area contributed by atoms with Crippen molar-refractivity contribution >= 4 is 29.1 Å². The van der Waals surface area contributed by atoms with Gasteiger partial charge in [0.2, 0.25) is 11.8 Å². The number of amides is 3. The number of carbonyl (C=O) groups excluding carboxylic acids is 3. The average molecular weight is 548 g/mol. The Bertz CT molecular complexity index is 1360. The van der Waals surface area contributed by atoms with E-state index in [4.69, 9.17) is 4.74 Å². The van der Waals surface area contributed by atoms with Crippen molar-refractivity contribution in [2.24, 2.45) is 5.92 Å². The van der Waals surface area contributed by atoms with Crippen LogP contribution < -0.4 is 19.9 Å². The van der Waals surface area contributed by atoms with Crippen molar-refractivity contribution in [1.82, 2.24) is 15.1 Å². The van der Waals surface area contributed by atoms with Gasteiger partial charge in [0.1, 0.15) is 24.2 Å². The number of ether oxygens (including phenoxy) is 1. The molecule has 1 N–H and O–H groups in total. The zero-order valence-corrected chi connectivity index (χ0v) is 22.5. The first-order valence-corrected chi connectivity index (χ1v) is 14.4. The molecule has 5 aliphatic heterocycles. The van der Waals surface area contributed by atoms with Crippen molar-refractivity contribution in [1.29, 1.82) is 0 Å². The molecule has 0 radical (unpaired) electrons. The lowest BCUT2D eigenvalue weighted by Gasteiger charge is -2.47. The van der Waals surface area contributed by atoms with Crippen molar-refractivity contribution in [2.75, 3.05) is 55.7 Å². The summed E-state index contributed by atoms with van der Waals surface area (Å²) < 4.78 is 20.4. The monoisotopic (exact) mass is 547 g/mol. The summed E-state index contributed by atoms with van der Waals surface area (Å²) in [5.74, 6) is 0.318. The zero-order valence-electron chi connectivity index (χ0n) is 22.5. The lowest BCUT2D eigenvalue weighted by molar-refractivity contribution is -0.136. The van der Waals surface area contributed by atoms with Crippen molar-refractivity contribution < 1.29 is 23.5 Å². The van der Waals surface area contributed by atoms with Crippen molar-refractivity contribution in [3.63, 3.8) is 0 Å². The fourth-order valence-electron chi connectivity index (χ4n) is 7.08. The second-order valence-corrected chi connectivity index (χ2v) is 11.7. The van der Waals surface area contributed by atoms with Crippen molar-refractivity contribution in [3.05, 3.63) is 53.3 Å². The topological polar surface area (TPSA) is 85.4 Å². The predicted octanol–water partition coefficient (Wildman–Crippen LogP) is 2.39. The molecular weight excluding hydrogens is 513 g/mol. The third-order valence-electron chi connectivity index (χ3n) is 9.23. The molecule has 0 saturated carbocycles. The number of hydrogen-bond acceptors (Lipinski definition) is 7. The SMILES string of the molecule is O=C1CCC(N2Cc3cc4c(cc3C2=O)OCC2CN(CC3CCN(c5ccccc5F)CC3)CCN42)C(=O)N1. The van der Waals surface area contributed by atoms with Crippen LogP contribution in [0.3, 0.4) is 0 Å². The number of para-hydroxylation sites is 1. The van der Waals surface area contributed by atoms with Gasteiger partial charge in [-0.25, -0.2) is 4.39 Å². The molecule has 0 aromatic heterocycles. The van der Waals surface area contributed by atoms with Crippen LogP contribution in [0.15, 0.2) is 36.4 Å². The third-order valence-corrected chi connectivity index (χ3v) is 9.23. The minimum absolute atomic E-state index is 0.145. The summed E-state index contributed by atoms with van der Waals surface area (Å²) in [6, 6.07) is 10.6. The maximum Gasteiger partial charge on any atom is 0.255 e. The average Bonchev–Trinajstić information content (AvgIpc) is 3.27. The van der Waals surface area contributed by atoms with E-state index in [-0.39, 0.29) is 30.1 Å². The molecule has 7 rings (SSSR count). The van der Waals surface area contributed by atoms with Gasteiger partial charge >= 0.3 is 0 Å². The molecular formula is C30H34FN5O4. The number of anilines is 2. The summed E-state index contributed by atoms with van der Waals surface area (Å²) in [7, 11) is 0. The Labute approximate surface area is 232 Å². The number of nitrogens with one attached hydrogen (secondary N) is 1. The Balaban J connectivity index is 0.982. The van der Waals surface area contributed by atoms with Crippen LogP contribution in [0.1, 0.15) is 41.6 Å². The summed E-state index contributed by atoms with van der Waals surface area (Å²) in [6.45, 7) is 6.51. The number of carbonyl (C=O) groups is 3. The first kappa shape index (κ1) is 25.3. The van der Waals surface area contributed by atoms with Crippen LogP contribution in [0, 0.1) is 11.7 Å². The molecule has 5 heterocycles. The van der Waals surface area contributed by atoms with Crippen molar-refractivity contribution in [3.8, 4) is 5.75 Å². The molecule has 3 amide bonds. The number of rotatable bonds is 4. The van der Waals surface area contributed by atoms with Crippen LogP contribution in [0.4, 0.5) is 15.8 Å². The van der Waals surface area contributed by atoms with Crippen LogP contribution in [0.5, 0.6) is 5.75 Å². The van der Waals surface area contributed by atoms with Crippen LogP contribution in [0.2, 0.25) is 0 Å². The molecule has 0 aliphatic carbocycles. The first-order chi connectivity index (χ1) is 19.4. The second kappa shape index (κ2) is 10.1. The number of benzene rings is 2. The summed E-state index contributed by atoms with van der Waals surface area (Å²) >= 11 is 0. The fourth-order valence-corrected chi connectivity index (χ4v) is 7.08. The van der Waals surface area contributed by atoms with Gasteiger partial charge < -0.3 is 19.4 Å². The minimum atomic E-state index is -0.620. The van der Waals surface area contributed by atoms with Crippen LogP contribution in [-0.2, 0) is 16.1 Å². The Morgan fingerprint density at radius 3 is 2.58 bits per heavy atom. The van der Waals surface area contributed by atoms with Crippen molar-refractivity contribution in [2.45, 2.75) is 44.3 Å². The lowest BCUT2D eigenvalue weighted by atomic mass is 9.94. The Morgan fingerprint density at radius 1 is 0.950 bits per heavy atom. The van der Waals surface area contributed by atoms with Gasteiger partial charge in [0.15, 0.2) is 0 Å². The molecule has 0 bridgehead atoms. The smallest absolute Gasteiger partial charge is 0.255 e. The van der Waals surface area contributed by atoms with E-state index in [0.29, 0.717) is 36.7 Å². The Hall–Kier alpha value is -3.66. The molecule has 210 valence electrons. The van der Waals surface area contributed by atoms with Gasteiger partial charge in [-0.1, -0.05) is 12.1 Å². The molecule has 3 saturated heterocycles. The normalized spacial score (nSPS) is 25.3. The van der Waals surface area contributed by atoms with Crippen LogP contribution in [0.25, 0.3) is 0 Å². The number of piperidine rings is 2. The highest BCUT2D eigenvalue weighted by atomic mass is 19.1. The second-order valence-electron chi connectivity index (χ2n) is 11.7. The van der Waals surface area contributed by atoms with Gasteiger partial charge in [-0.15, -0.1) is 0 Å². The molecule has 5 aliphatic rings. The summed E-state index contributed by atoms with van der Waals surface area (Å²) in [5, 5.41) is 2.36.